The van der Waals surface area contributed by atoms with E-state index in [1.54, 1.807) is 13.3 Å². The van der Waals surface area contributed by atoms with Crippen LogP contribution in [0.5, 0.6) is 5.75 Å². The zero-order chi connectivity index (χ0) is 15.2. The van der Waals surface area contributed by atoms with E-state index in [0.717, 1.165) is 42.1 Å². The van der Waals surface area contributed by atoms with Gasteiger partial charge in [0.2, 0.25) is 0 Å². The monoisotopic (exact) mass is 288 g/mol. The smallest absolute Gasteiger partial charge is 0.161 e. The Labute approximate surface area is 126 Å². The molecule has 0 saturated heterocycles. The maximum Gasteiger partial charge on any atom is 0.161 e. The van der Waals surface area contributed by atoms with Crippen LogP contribution in [0.2, 0.25) is 0 Å². The molecule has 1 N–H and O–H groups in total. The van der Waals surface area contributed by atoms with Crippen LogP contribution >= 0.6 is 0 Å². The van der Waals surface area contributed by atoms with Gasteiger partial charge in [-0.1, -0.05) is 13.0 Å². The van der Waals surface area contributed by atoms with Crippen molar-refractivity contribution in [1.82, 2.24) is 20.1 Å². The summed E-state index contributed by atoms with van der Waals surface area (Å²) < 4.78 is 7.48. The van der Waals surface area contributed by atoms with E-state index in [4.69, 9.17) is 4.74 Å². The van der Waals surface area contributed by atoms with Crippen molar-refractivity contribution in [3.8, 4) is 5.75 Å². The maximum absolute atomic E-state index is 5.50. The molecule has 114 valence electrons. The summed E-state index contributed by atoms with van der Waals surface area (Å²) in [7, 11) is 1.69. The Morgan fingerprint density at radius 2 is 2.10 bits per heavy atom. The molecule has 0 fully saturated rings. The molecule has 0 radical (unpaired) electrons. The van der Waals surface area contributed by atoms with Crippen molar-refractivity contribution in [2.45, 2.75) is 39.8 Å². The second kappa shape index (κ2) is 7.22. The van der Waals surface area contributed by atoms with Gasteiger partial charge in [0.05, 0.1) is 19.3 Å². The van der Waals surface area contributed by atoms with Crippen molar-refractivity contribution in [2.75, 3.05) is 13.7 Å². The van der Waals surface area contributed by atoms with Crippen LogP contribution in [0.4, 0.5) is 0 Å². The van der Waals surface area contributed by atoms with E-state index in [0.29, 0.717) is 0 Å². The number of hydrogen-bond donors (Lipinski definition) is 1. The molecule has 2 rings (SSSR count). The van der Waals surface area contributed by atoms with E-state index in [2.05, 4.69) is 42.2 Å². The summed E-state index contributed by atoms with van der Waals surface area (Å²) in [6.07, 6.45) is 6.63. The van der Waals surface area contributed by atoms with Gasteiger partial charge >= 0.3 is 0 Å². The third-order valence-electron chi connectivity index (χ3n) is 3.47. The molecule has 0 aliphatic rings. The van der Waals surface area contributed by atoms with E-state index >= 15 is 0 Å². The van der Waals surface area contributed by atoms with Crippen molar-refractivity contribution in [3.63, 3.8) is 0 Å². The topological polar surface area (TPSA) is 52.0 Å². The van der Waals surface area contributed by atoms with E-state index < -0.39 is 0 Å². The second-order valence-electron chi connectivity index (χ2n) is 5.10. The van der Waals surface area contributed by atoms with Crippen LogP contribution < -0.4 is 10.1 Å². The minimum Gasteiger partial charge on any atom is -0.493 e. The Morgan fingerprint density at radius 1 is 1.29 bits per heavy atom. The fourth-order valence-corrected chi connectivity index (χ4v) is 2.48. The number of hydrogen-bond acceptors (Lipinski definition) is 4. The highest BCUT2D eigenvalue weighted by Crippen LogP contribution is 2.30. The molecule has 5 heteroatoms. The molecule has 2 aromatic heterocycles. The normalized spacial score (nSPS) is 12.4. The van der Waals surface area contributed by atoms with Crippen LogP contribution in [0.1, 0.15) is 43.1 Å². The summed E-state index contributed by atoms with van der Waals surface area (Å²) in [4.78, 5) is 4.32. The van der Waals surface area contributed by atoms with Gasteiger partial charge in [-0.3, -0.25) is 9.67 Å². The number of rotatable bonds is 7. The number of methoxy groups -OCH3 is 1. The van der Waals surface area contributed by atoms with Crippen LogP contribution in [-0.4, -0.2) is 28.4 Å². The standard InChI is InChI=1S/C16H24N4O/c1-5-7-18-15(13-8-12(3)9-17-10-13)16-14(21-4)11-19-20(16)6-2/h8-11,15,18H,5-7H2,1-4H3. The molecule has 0 aromatic carbocycles. The molecule has 0 aliphatic heterocycles. The summed E-state index contributed by atoms with van der Waals surface area (Å²) in [6, 6.07) is 2.20. The van der Waals surface area contributed by atoms with Crippen LogP contribution in [0, 0.1) is 6.92 Å². The fourth-order valence-electron chi connectivity index (χ4n) is 2.48. The van der Waals surface area contributed by atoms with Gasteiger partial charge in [-0.2, -0.15) is 5.10 Å². The second-order valence-corrected chi connectivity index (χ2v) is 5.10. The molecular weight excluding hydrogens is 264 g/mol. The first-order chi connectivity index (χ1) is 10.2. The first kappa shape index (κ1) is 15.5. The van der Waals surface area contributed by atoms with Crippen molar-refractivity contribution in [2.24, 2.45) is 0 Å². The molecule has 5 nitrogen and oxygen atoms in total. The molecule has 0 spiro atoms. The quantitative estimate of drug-likeness (QED) is 0.851. The van der Waals surface area contributed by atoms with Crippen molar-refractivity contribution >= 4 is 0 Å². The maximum atomic E-state index is 5.50. The van der Waals surface area contributed by atoms with E-state index in [1.807, 2.05) is 17.1 Å². The highest BCUT2D eigenvalue weighted by atomic mass is 16.5. The molecule has 0 aliphatic carbocycles. The van der Waals surface area contributed by atoms with Gasteiger partial charge in [-0.15, -0.1) is 0 Å². The van der Waals surface area contributed by atoms with Gasteiger partial charge in [0, 0.05) is 18.9 Å². The lowest BCUT2D eigenvalue weighted by molar-refractivity contribution is 0.398. The number of aryl methyl sites for hydroxylation is 2. The Kier molecular flexibility index (Phi) is 5.33. The summed E-state index contributed by atoms with van der Waals surface area (Å²) in [5.41, 5.74) is 3.34. The molecular formula is C16H24N4O. The van der Waals surface area contributed by atoms with Gasteiger partial charge in [0.1, 0.15) is 5.69 Å². The lowest BCUT2D eigenvalue weighted by Gasteiger charge is -2.21. The van der Waals surface area contributed by atoms with E-state index in [1.165, 1.54) is 0 Å². The number of nitrogens with zero attached hydrogens (tertiary/aromatic N) is 3. The molecule has 2 heterocycles. The molecule has 2 aromatic rings. The molecule has 1 atom stereocenters. The van der Waals surface area contributed by atoms with Crippen LogP contribution in [0.3, 0.4) is 0 Å². The molecule has 0 saturated carbocycles. The fraction of sp³-hybridized carbons (Fsp3) is 0.500. The lowest BCUT2D eigenvalue weighted by Crippen LogP contribution is -2.26. The van der Waals surface area contributed by atoms with Crippen LogP contribution in [0.25, 0.3) is 0 Å². The number of pyridine rings is 1. The molecule has 1 unspecified atom stereocenters. The number of nitrogens with one attached hydrogen (secondary N) is 1. The van der Waals surface area contributed by atoms with E-state index in [9.17, 15) is 0 Å². The van der Waals surface area contributed by atoms with Gasteiger partial charge in [-0.05, 0) is 37.9 Å². The molecule has 0 amide bonds. The van der Waals surface area contributed by atoms with Gasteiger partial charge in [0.15, 0.2) is 5.75 Å². The van der Waals surface area contributed by atoms with Gasteiger partial charge < -0.3 is 10.1 Å². The SMILES string of the molecule is CCCNC(c1cncc(C)c1)c1c(OC)cnn1CC. The predicted octanol–water partition coefficient (Wildman–Crippen LogP) is 2.70. The third-order valence-corrected chi connectivity index (χ3v) is 3.47. The molecule has 21 heavy (non-hydrogen) atoms. The van der Waals surface area contributed by atoms with Gasteiger partial charge in [0.25, 0.3) is 0 Å². The van der Waals surface area contributed by atoms with Crippen LogP contribution in [0.15, 0.2) is 24.7 Å². The minimum absolute atomic E-state index is 0.0368. The first-order valence-corrected chi connectivity index (χ1v) is 7.45. The minimum atomic E-state index is 0.0368. The Hall–Kier alpha value is -1.88. The largest absolute Gasteiger partial charge is 0.493 e. The number of aromatic nitrogens is 3. The van der Waals surface area contributed by atoms with E-state index in [-0.39, 0.29) is 6.04 Å². The third kappa shape index (κ3) is 3.42. The average molecular weight is 288 g/mol. The summed E-state index contributed by atoms with van der Waals surface area (Å²) >= 11 is 0. The summed E-state index contributed by atoms with van der Waals surface area (Å²) in [6.45, 7) is 8.04. The zero-order valence-electron chi connectivity index (χ0n) is 13.3. The van der Waals surface area contributed by atoms with Crippen molar-refractivity contribution < 1.29 is 4.74 Å². The molecule has 0 bridgehead atoms. The number of ether oxygens (including phenoxy) is 1. The lowest BCUT2D eigenvalue weighted by atomic mass is 10.0. The predicted molar refractivity (Wildman–Crippen MR) is 83.6 cm³/mol. The summed E-state index contributed by atoms with van der Waals surface area (Å²) in [5, 5.41) is 8.00. The van der Waals surface area contributed by atoms with Crippen molar-refractivity contribution in [1.29, 1.82) is 0 Å². The Bertz CT molecular complexity index is 558. The highest BCUT2D eigenvalue weighted by Gasteiger charge is 2.23. The van der Waals surface area contributed by atoms with Crippen molar-refractivity contribution in [3.05, 3.63) is 41.5 Å². The van der Waals surface area contributed by atoms with Gasteiger partial charge in [-0.25, -0.2) is 0 Å². The average Bonchev–Trinajstić information content (AvgIpc) is 2.91. The Morgan fingerprint density at radius 3 is 2.71 bits per heavy atom. The zero-order valence-corrected chi connectivity index (χ0v) is 13.3. The first-order valence-electron chi connectivity index (χ1n) is 7.45. The Balaban J connectivity index is 2.47. The highest BCUT2D eigenvalue weighted by molar-refractivity contribution is 5.36. The summed E-state index contributed by atoms with van der Waals surface area (Å²) in [5.74, 6) is 0.812. The van der Waals surface area contributed by atoms with Crippen LogP contribution in [-0.2, 0) is 6.54 Å².